The SMILES string of the molecule is NC(=O)c1cnc(C2=NNN(C(F)(F)F)N2Cc2ccccc2)s1. The fraction of sp³-hybridized carbons (Fsp3) is 0.154. The first-order chi connectivity index (χ1) is 11.4. The minimum absolute atomic E-state index is 0.0410. The minimum atomic E-state index is -4.69. The number of nitrogens with one attached hydrogen (secondary N) is 1. The number of rotatable bonds is 4. The average Bonchev–Trinajstić information content (AvgIpc) is 3.14. The fourth-order valence-corrected chi connectivity index (χ4v) is 2.81. The Morgan fingerprint density at radius 1 is 1.29 bits per heavy atom. The first-order valence-corrected chi connectivity index (χ1v) is 7.45. The van der Waals surface area contributed by atoms with Gasteiger partial charge in [-0.1, -0.05) is 30.3 Å². The zero-order valence-electron chi connectivity index (χ0n) is 12.0. The summed E-state index contributed by atoms with van der Waals surface area (Å²) >= 11 is 0.873. The highest BCUT2D eigenvalue weighted by Crippen LogP contribution is 2.28. The van der Waals surface area contributed by atoms with E-state index < -0.39 is 12.2 Å². The van der Waals surface area contributed by atoms with Crippen LogP contribution < -0.4 is 11.3 Å². The lowest BCUT2D eigenvalue weighted by atomic mass is 10.2. The fourth-order valence-electron chi connectivity index (χ4n) is 2.05. The zero-order chi connectivity index (χ0) is 17.3. The summed E-state index contributed by atoms with van der Waals surface area (Å²) < 4.78 is 39.6. The molecule has 1 amide bonds. The van der Waals surface area contributed by atoms with Crippen LogP contribution in [0, 0.1) is 0 Å². The molecule has 0 saturated carbocycles. The van der Waals surface area contributed by atoms with Gasteiger partial charge in [0.2, 0.25) is 5.84 Å². The molecule has 0 bridgehead atoms. The van der Waals surface area contributed by atoms with E-state index >= 15 is 0 Å². The number of nitrogens with zero attached hydrogens (tertiary/aromatic N) is 4. The van der Waals surface area contributed by atoms with E-state index in [1.165, 1.54) is 6.20 Å². The van der Waals surface area contributed by atoms with E-state index in [-0.39, 0.29) is 27.4 Å². The standard InChI is InChI=1S/C13H11F3N6OS/c14-13(15,16)22-20-19-11(12-18-6-9(24-12)10(17)23)21(22)7-8-4-2-1-3-5-8/h1-6,20H,7H2,(H2,17,23). The van der Waals surface area contributed by atoms with E-state index in [1.807, 2.05) is 5.53 Å². The summed E-state index contributed by atoms with van der Waals surface area (Å²) in [6, 6.07) is 8.61. The van der Waals surface area contributed by atoms with Crippen molar-refractivity contribution in [2.45, 2.75) is 12.8 Å². The molecule has 3 N–H and O–H groups in total. The molecule has 126 valence electrons. The number of carbonyl (C=O) groups is 1. The number of hydrazine groups is 2. The number of amides is 1. The molecule has 2 heterocycles. The summed E-state index contributed by atoms with van der Waals surface area (Å²) in [5.41, 5.74) is 7.73. The molecule has 24 heavy (non-hydrogen) atoms. The van der Waals surface area contributed by atoms with Gasteiger partial charge in [0.05, 0.1) is 12.7 Å². The Morgan fingerprint density at radius 2 is 2.00 bits per heavy atom. The highest BCUT2D eigenvalue weighted by Gasteiger charge is 2.47. The van der Waals surface area contributed by atoms with Crippen molar-refractivity contribution in [3.8, 4) is 0 Å². The van der Waals surface area contributed by atoms with Crippen LogP contribution in [0.3, 0.4) is 0 Å². The first kappa shape index (κ1) is 16.2. The number of halogens is 3. The maximum absolute atomic E-state index is 13.2. The van der Waals surface area contributed by atoms with Crippen molar-refractivity contribution in [2.24, 2.45) is 10.8 Å². The second kappa shape index (κ2) is 6.09. The van der Waals surface area contributed by atoms with Gasteiger partial charge in [0, 0.05) is 0 Å². The van der Waals surface area contributed by atoms with Crippen LogP contribution in [0.2, 0.25) is 0 Å². The molecule has 3 rings (SSSR count). The number of thiazole rings is 1. The predicted molar refractivity (Wildman–Crippen MR) is 80.2 cm³/mol. The molecule has 7 nitrogen and oxygen atoms in total. The monoisotopic (exact) mass is 356 g/mol. The second-order valence-corrected chi connectivity index (χ2v) is 5.78. The molecule has 0 fully saturated rings. The van der Waals surface area contributed by atoms with Crippen molar-refractivity contribution >= 4 is 23.1 Å². The number of benzene rings is 1. The zero-order valence-corrected chi connectivity index (χ0v) is 12.8. The van der Waals surface area contributed by atoms with Crippen LogP contribution in [0.4, 0.5) is 13.2 Å². The maximum atomic E-state index is 13.2. The lowest BCUT2D eigenvalue weighted by Gasteiger charge is -2.29. The van der Waals surface area contributed by atoms with Crippen molar-refractivity contribution in [3.63, 3.8) is 0 Å². The maximum Gasteiger partial charge on any atom is 0.497 e. The molecule has 0 atom stereocenters. The number of hydrazone groups is 1. The van der Waals surface area contributed by atoms with Gasteiger partial charge < -0.3 is 5.73 Å². The van der Waals surface area contributed by atoms with Crippen molar-refractivity contribution in [3.05, 3.63) is 52.0 Å². The average molecular weight is 356 g/mol. The molecule has 2 aromatic rings. The number of primary amides is 1. The smallest absolute Gasteiger partial charge is 0.365 e. The molecule has 1 aliphatic heterocycles. The van der Waals surface area contributed by atoms with Crippen LogP contribution >= 0.6 is 11.3 Å². The third kappa shape index (κ3) is 3.16. The molecule has 0 saturated heterocycles. The van der Waals surface area contributed by atoms with Crippen LogP contribution in [0.25, 0.3) is 0 Å². The predicted octanol–water partition coefficient (Wildman–Crippen LogP) is 1.66. The number of alkyl halides is 3. The van der Waals surface area contributed by atoms with Crippen LogP contribution in [0.15, 0.2) is 41.6 Å². The topological polar surface area (TPSA) is 86.8 Å². The highest BCUT2D eigenvalue weighted by atomic mass is 32.1. The number of amidine groups is 1. The van der Waals surface area contributed by atoms with E-state index in [2.05, 4.69) is 10.1 Å². The lowest BCUT2D eigenvalue weighted by molar-refractivity contribution is -0.313. The van der Waals surface area contributed by atoms with Crippen molar-refractivity contribution < 1.29 is 18.0 Å². The molecule has 0 spiro atoms. The summed E-state index contributed by atoms with van der Waals surface area (Å²) in [6.45, 7) is -0.0856. The van der Waals surface area contributed by atoms with Gasteiger partial charge in [-0.3, -0.25) is 9.80 Å². The summed E-state index contributed by atoms with van der Waals surface area (Å²) in [5.74, 6) is -0.749. The quantitative estimate of drug-likeness (QED) is 0.814. The van der Waals surface area contributed by atoms with Gasteiger partial charge in [0.1, 0.15) is 4.88 Å². The van der Waals surface area contributed by atoms with Crippen molar-refractivity contribution in [1.29, 1.82) is 0 Å². The number of nitrogens with two attached hydrogens (primary N) is 1. The molecular weight excluding hydrogens is 345 g/mol. The van der Waals surface area contributed by atoms with Crippen LogP contribution in [-0.4, -0.2) is 33.2 Å². The van der Waals surface area contributed by atoms with Crippen LogP contribution in [0.1, 0.15) is 20.2 Å². The third-order valence-electron chi connectivity index (χ3n) is 3.09. The van der Waals surface area contributed by atoms with Gasteiger partial charge in [0.25, 0.3) is 5.91 Å². The van der Waals surface area contributed by atoms with Crippen LogP contribution in [0.5, 0.6) is 0 Å². The molecule has 11 heteroatoms. The summed E-state index contributed by atoms with van der Waals surface area (Å²) in [7, 11) is 0. The molecular formula is C13H11F3N6OS. The molecule has 1 aliphatic rings. The Balaban J connectivity index is 1.93. The first-order valence-electron chi connectivity index (χ1n) is 6.64. The van der Waals surface area contributed by atoms with Gasteiger partial charge in [0.15, 0.2) is 5.01 Å². The van der Waals surface area contributed by atoms with Gasteiger partial charge in [-0.05, 0) is 10.7 Å². The second-order valence-electron chi connectivity index (χ2n) is 4.75. The van der Waals surface area contributed by atoms with Gasteiger partial charge >= 0.3 is 6.30 Å². The number of hydrogen-bond donors (Lipinski definition) is 2. The van der Waals surface area contributed by atoms with Crippen molar-refractivity contribution in [1.82, 2.24) is 20.6 Å². The largest absolute Gasteiger partial charge is 0.497 e. The Bertz CT molecular complexity index is 776. The van der Waals surface area contributed by atoms with E-state index in [4.69, 9.17) is 5.73 Å². The Morgan fingerprint density at radius 3 is 2.58 bits per heavy atom. The van der Waals surface area contributed by atoms with Crippen molar-refractivity contribution in [2.75, 3.05) is 0 Å². The normalized spacial score (nSPS) is 15.3. The van der Waals surface area contributed by atoms with Gasteiger partial charge in [-0.25, -0.2) is 10.5 Å². The summed E-state index contributed by atoms with van der Waals surface area (Å²) in [4.78, 5) is 15.2. The van der Waals surface area contributed by atoms with E-state index in [9.17, 15) is 18.0 Å². The molecule has 0 aliphatic carbocycles. The lowest BCUT2D eigenvalue weighted by Crippen LogP contribution is -2.53. The Hall–Kier alpha value is -2.66. The van der Waals surface area contributed by atoms with E-state index in [1.54, 1.807) is 30.3 Å². The molecule has 0 unspecified atom stereocenters. The number of aromatic nitrogens is 1. The molecule has 0 radical (unpaired) electrons. The molecule has 1 aromatic carbocycles. The number of hydrogen-bond acceptors (Lipinski definition) is 7. The third-order valence-corrected chi connectivity index (χ3v) is 4.10. The molecule has 1 aromatic heterocycles. The van der Waals surface area contributed by atoms with Gasteiger partial charge in [-0.15, -0.1) is 16.4 Å². The minimum Gasteiger partial charge on any atom is -0.365 e. The summed E-state index contributed by atoms with van der Waals surface area (Å²) in [5, 5.41) is 4.71. The summed E-state index contributed by atoms with van der Waals surface area (Å²) in [6.07, 6.45) is -3.48. The highest BCUT2D eigenvalue weighted by molar-refractivity contribution is 7.15. The van der Waals surface area contributed by atoms with E-state index in [0.29, 0.717) is 5.56 Å². The van der Waals surface area contributed by atoms with E-state index in [0.717, 1.165) is 16.3 Å². The number of carbonyl (C=O) groups excluding carboxylic acids is 1. The van der Waals surface area contributed by atoms with Crippen LogP contribution in [-0.2, 0) is 6.54 Å². The Labute approximate surface area is 138 Å². The Kier molecular flexibility index (Phi) is 4.11. The van der Waals surface area contributed by atoms with Gasteiger partial charge in [-0.2, -0.15) is 13.2 Å².